The van der Waals surface area contributed by atoms with E-state index in [1.54, 1.807) is 0 Å². The molecule has 6 heavy (non-hydrogen) atoms. The summed E-state index contributed by atoms with van der Waals surface area (Å²) in [4.78, 5) is 0. The van der Waals surface area contributed by atoms with Crippen LogP contribution in [0.3, 0.4) is 0 Å². The molecule has 2 heteroatoms. The van der Waals surface area contributed by atoms with E-state index in [0.29, 0.717) is 0 Å². The van der Waals surface area contributed by atoms with Crippen molar-refractivity contribution in [2.75, 3.05) is 0 Å². The zero-order chi connectivity index (χ0) is 4.83. The van der Waals surface area contributed by atoms with E-state index in [4.69, 9.17) is 0 Å². The van der Waals surface area contributed by atoms with Gasteiger partial charge in [0.15, 0.2) is 0 Å². The van der Waals surface area contributed by atoms with E-state index in [1.807, 2.05) is 0 Å². The van der Waals surface area contributed by atoms with Crippen molar-refractivity contribution >= 4 is 19.0 Å². The van der Waals surface area contributed by atoms with Gasteiger partial charge in [-0.15, -0.1) is 0 Å². The first-order valence-electron chi connectivity index (χ1n) is 2.21. The molecule has 34 valence electrons. The van der Waals surface area contributed by atoms with Gasteiger partial charge in [-0.2, -0.15) is 6.04 Å². The second-order valence-corrected chi connectivity index (χ2v) is 3.62. The minimum atomic E-state index is 1.17. The normalized spacial score (nSPS) is 8.33. The summed E-state index contributed by atoms with van der Waals surface area (Å²) in [6.07, 6.45) is 0. The van der Waals surface area contributed by atoms with Crippen molar-refractivity contribution in [1.29, 1.82) is 0 Å². The first-order valence-corrected chi connectivity index (χ1v) is 5.62. The molecular weight excluding hydrogens is 104 g/mol. The SMILES string of the molecule is C[Si+]CC[Si-]C. The molecule has 0 atom stereocenters. The van der Waals surface area contributed by atoms with E-state index in [0.717, 1.165) is 0 Å². The highest BCUT2D eigenvalue weighted by atomic mass is 28.2. The Morgan fingerprint density at radius 2 is 2.33 bits per heavy atom. The molecule has 0 aromatic carbocycles. The molecule has 0 aliphatic heterocycles. The van der Waals surface area contributed by atoms with Crippen molar-refractivity contribution < 1.29 is 0 Å². The van der Waals surface area contributed by atoms with Gasteiger partial charge in [0, 0.05) is 0 Å². The summed E-state index contributed by atoms with van der Waals surface area (Å²) in [5, 5.41) is 0. The van der Waals surface area contributed by atoms with Gasteiger partial charge in [-0.05, 0) is 0 Å². The molecule has 0 aromatic heterocycles. The van der Waals surface area contributed by atoms with Crippen LogP contribution < -0.4 is 0 Å². The second kappa shape index (κ2) is 5.43. The van der Waals surface area contributed by atoms with Crippen LogP contribution in [0.25, 0.3) is 0 Å². The predicted octanol–water partition coefficient (Wildman–Crippen LogP) is 1.33. The van der Waals surface area contributed by atoms with E-state index in [-0.39, 0.29) is 0 Å². The first-order chi connectivity index (χ1) is 2.91. The molecule has 0 amide bonds. The number of hydrogen-bond acceptors (Lipinski definition) is 0. The summed E-state index contributed by atoms with van der Waals surface area (Å²) in [5.74, 6) is 0. The van der Waals surface area contributed by atoms with Crippen molar-refractivity contribution in [1.82, 2.24) is 0 Å². The third kappa shape index (κ3) is 4.43. The highest BCUT2D eigenvalue weighted by Crippen LogP contribution is 1.84. The van der Waals surface area contributed by atoms with Crippen LogP contribution in [0.5, 0.6) is 0 Å². The van der Waals surface area contributed by atoms with Crippen LogP contribution in [0.15, 0.2) is 0 Å². The molecule has 0 spiro atoms. The van der Waals surface area contributed by atoms with Crippen molar-refractivity contribution in [3.63, 3.8) is 0 Å². The molecule has 0 saturated carbocycles. The topological polar surface area (TPSA) is 0 Å². The van der Waals surface area contributed by atoms with Gasteiger partial charge in [-0.3, -0.25) is 0 Å². The van der Waals surface area contributed by atoms with Crippen LogP contribution in [0.4, 0.5) is 0 Å². The van der Waals surface area contributed by atoms with Crippen LogP contribution in [-0.2, 0) is 0 Å². The van der Waals surface area contributed by atoms with Crippen molar-refractivity contribution in [3.8, 4) is 0 Å². The van der Waals surface area contributed by atoms with Crippen LogP contribution >= 0.6 is 0 Å². The molecular formula is C4H10Si2. The van der Waals surface area contributed by atoms with Gasteiger partial charge < -0.3 is 9.52 Å². The highest BCUT2D eigenvalue weighted by Gasteiger charge is 1.89. The summed E-state index contributed by atoms with van der Waals surface area (Å²) in [6.45, 7) is 4.53. The molecule has 0 nitrogen and oxygen atoms in total. The third-order valence-corrected chi connectivity index (χ3v) is 2.62. The highest BCUT2D eigenvalue weighted by molar-refractivity contribution is 6.40. The minimum absolute atomic E-state index is 1.17. The monoisotopic (exact) mass is 114 g/mol. The Kier molecular flexibility index (Phi) is 5.83. The number of hydrogen-bond donors (Lipinski definition) is 0. The van der Waals surface area contributed by atoms with E-state index in [1.165, 1.54) is 31.1 Å². The molecule has 0 N–H and O–H groups in total. The largest absolute Gasteiger partial charge is 0.473 e. The lowest BCUT2D eigenvalue weighted by Gasteiger charge is -1.94. The Balaban J connectivity index is 2.34. The van der Waals surface area contributed by atoms with E-state index < -0.39 is 0 Å². The van der Waals surface area contributed by atoms with Crippen molar-refractivity contribution in [2.24, 2.45) is 0 Å². The maximum Gasteiger partial charge on any atom is 0.473 e. The Labute approximate surface area is 45.0 Å². The molecule has 0 saturated heterocycles. The predicted molar refractivity (Wildman–Crippen MR) is 32.8 cm³/mol. The standard InChI is InChI=1S/C4H10Si2/c1-5-3-4-6-2/h3-4H2,1-2H3. The van der Waals surface area contributed by atoms with Crippen LogP contribution in [-0.4, -0.2) is 19.0 Å². The van der Waals surface area contributed by atoms with Gasteiger partial charge in [-0.1, -0.05) is 0 Å². The maximum atomic E-state index is 2.26. The summed E-state index contributed by atoms with van der Waals surface area (Å²) >= 11 is 0. The van der Waals surface area contributed by atoms with E-state index >= 15 is 0 Å². The lowest BCUT2D eigenvalue weighted by molar-refractivity contribution is 1.41. The van der Waals surface area contributed by atoms with Gasteiger partial charge in [0.1, 0.15) is 0 Å². The Morgan fingerprint density at radius 3 is 2.50 bits per heavy atom. The van der Waals surface area contributed by atoms with Crippen LogP contribution in [0.1, 0.15) is 0 Å². The van der Waals surface area contributed by atoms with Crippen molar-refractivity contribution in [2.45, 2.75) is 25.2 Å². The minimum Gasteiger partial charge on any atom is -0.430 e. The molecule has 2 radical (unpaired) electrons. The fraction of sp³-hybridized carbons (Fsp3) is 1.00. The van der Waals surface area contributed by atoms with E-state index in [9.17, 15) is 0 Å². The number of rotatable bonds is 3. The van der Waals surface area contributed by atoms with Gasteiger partial charge in [0.05, 0.1) is 12.6 Å². The molecule has 0 rings (SSSR count). The summed E-state index contributed by atoms with van der Waals surface area (Å²) in [7, 11) is 2.34. The van der Waals surface area contributed by atoms with Gasteiger partial charge >= 0.3 is 9.52 Å². The average molecular weight is 114 g/mol. The molecule has 0 unspecified atom stereocenters. The quantitative estimate of drug-likeness (QED) is 0.383. The third-order valence-electron chi connectivity index (χ3n) is 0.625. The fourth-order valence-corrected chi connectivity index (χ4v) is 2.25. The molecule has 0 aliphatic carbocycles. The Morgan fingerprint density at radius 1 is 1.67 bits per heavy atom. The average Bonchev–Trinajstić information content (AvgIpc) is 1.61. The Bertz CT molecular complexity index is 17.5. The summed E-state index contributed by atoms with van der Waals surface area (Å²) in [6, 6.07) is 2.91. The lowest BCUT2D eigenvalue weighted by atomic mass is 10.9. The smallest absolute Gasteiger partial charge is 0.430 e. The second-order valence-electron chi connectivity index (χ2n) is 1.21. The molecule has 0 aromatic rings. The zero-order valence-corrected chi connectivity index (χ0v) is 6.41. The maximum absolute atomic E-state index is 2.26. The van der Waals surface area contributed by atoms with Crippen LogP contribution in [0.2, 0.25) is 25.2 Å². The molecule has 0 heterocycles. The summed E-state index contributed by atoms with van der Waals surface area (Å²) in [5.41, 5.74) is 0. The van der Waals surface area contributed by atoms with Gasteiger partial charge in [-0.25, -0.2) is 6.55 Å². The Hall–Kier alpha value is 0.434. The molecule has 0 bridgehead atoms. The van der Waals surface area contributed by atoms with Crippen molar-refractivity contribution in [3.05, 3.63) is 0 Å². The van der Waals surface area contributed by atoms with Gasteiger partial charge in [0.25, 0.3) is 0 Å². The summed E-state index contributed by atoms with van der Waals surface area (Å²) < 4.78 is 0. The zero-order valence-electron chi connectivity index (χ0n) is 4.41. The van der Waals surface area contributed by atoms with Gasteiger partial charge in [0.2, 0.25) is 0 Å². The fourth-order valence-electron chi connectivity index (χ4n) is 0.250. The molecule has 0 aliphatic rings. The van der Waals surface area contributed by atoms with Crippen LogP contribution in [0, 0.1) is 0 Å². The van der Waals surface area contributed by atoms with E-state index in [2.05, 4.69) is 13.1 Å². The lowest BCUT2D eigenvalue weighted by Crippen LogP contribution is -1.83. The first kappa shape index (κ1) is 6.43. The molecule has 0 fully saturated rings.